The van der Waals surface area contributed by atoms with Gasteiger partial charge in [0, 0.05) is 0 Å². The van der Waals surface area contributed by atoms with Crippen LogP contribution in [0.4, 0.5) is 0 Å². The van der Waals surface area contributed by atoms with Crippen molar-refractivity contribution >= 4 is 17.5 Å². The van der Waals surface area contributed by atoms with Crippen LogP contribution in [0.1, 0.15) is 29.0 Å². The standard InChI is InChI=1S/C13H12ClN3O/c1-9(10-5-3-2-4-6-10)15-13(18)11-7-8-12(14)17-16-11/h2-9H,1H3,(H,15,18). The highest BCUT2D eigenvalue weighted by molar-refractivity contribution is 6.29. The summed E-state index contributed by atoms with van der Waals surface area (Å²) in [7, 11) is 0. The lowest BCUT2D eigenvalue weighted by atomic mass is 10.1. The molecule has 1 heterocycles. The Balaban J connectivity index is 2.06. The molecule has 2 aromatic rings. The van der Waals surface area contributed by atoms with E-state index in [1.807, 2.05) is 37.3 Å². The fraction of sp³-hybridized carbons (Fsp3) is 0.154. The molecule has 5 heteroatoms. The number of aromatic nitrogens is 2. The number of hydrogen-bond acceptors (Lipinski definition) is 3. The zero-order valence-electron chi connectivity index (χ0n) is 9.80. The number of carbonyl (C=O) groups excluding carboxylic acids is 1. The molecule has 1 unspecified atom stereocenters. The number of carbonyl (C=O) groups is 1. The van der Waals surface area contributed by atoms with Crippen molar-refractivity contribution in [1.29, 1.82) is 0 Å². The zero-order chi connectivity index (χ0) is 13.0. The van der Waals surface area contributed by atoms with Crippen molar-refractivity contribution < 1.29 is 4.79 Å². The van der Waals surface area contributed by atoms with Crippen molar-refractivity contribution in [3.63, 3.8) is 0 Å². The van der Waals surface area contributed by atoms with E-state index in [2.05, 4.69) is 15.5 Å². The third-order valence-electron chi connectivity index (χ3n) is 2.51. The van der Waals surface area contributed by atoms with Crippen molar-refractivity contribution in [2.75, 3.05) is 0 Å². The van der Waals surface area contributed by atoms with Gasteiger partial charge in [-0.15, -0.1) is 10.2 Å². The Kier molecular flexibility index (Phi) is 3.89. The number of amides is 1. The molecule has 2 rings (SSSR count). The lowest BCUT2D eigenvalue weighted by Gasteiger charge is -2.13. The first-order chi connectivity index (χ1) is 8.66. The number of halogens is 1. The maximum absolute atomic E-state index is 11.9. The topological polar surface area (TPSA) is 54.9 Å². The van der Waals surface area contributed by atoms with Crippen LogP contribution >= 0.6 is 11.6 Å². The Hall–Kier alpha value is -1.94. The maximum Gasteiger partial charge on any atom is 0.272 e. The molecule has 0 radical (unpaired) electrons. The average Bonchev–Trinajstić information content (AvgIpc) is 2.40. The first kappa shape index (κ1) is 12.5. The van der Waals surface area contributed by atoms with Gasteiger partial charge in [0.15, 0.2) is 10.8 Å². The summed E-state index contributed by atoms with van der Waals surface area (Å²) >= 11 is 5.61. The molecule has 18 heavy (non-hydrogen) atoms. The summed E-state index contributed by atoms with van der Waals surface area (Å²) in [5, 5.41) is 10.5. The predicted molar refractivity (Wildman–Crippen MR) is 69.4 cm³/mol. The maximum atomic E-state index is 11.9. The summed E-state index contributed by atoms with van der Waals surface area (Å²) in [6.07, 6.45) is 0. The van der Waals surface area contributed by atoms with Crippen molar-refractivity contribution in [3.05, 3.63) is 58.9 Å². The average molecular weight is 262 g/mol. The predicted octanol–water partition coefficient (Wildman–Crippen LogP) is 2.62. The molecule has 0 spiro atoms. The van der Waals surface area contributed by atoms with Gasteiger partial charge in [-0.25, -0.2) is 0 Å². The van der Waals surface area contributed by atoms with Gasteiger partial charge >= 0.3 is 0 Å². The molecular formula is C13H12ClN3O. The third kappa shape index (κ3) is 3.05. The van der Waals surface area contributed by atoms with E-state index in [9.17, 15) is 4.79 Å². The van der Waals surface area contributed by atoms with Gasteiger partial charge < -0.3 is 5.32 Å². The lowest BCUT2D eigenvalue weighted by molar-refractivity contribution is 0.0934. The second-order valence-corrected chi connectivity index (χ2v) is 4.23. The Labute approximate surface area is 110 Å². The molecule has 0 aliphatic carbocycles. The zero-order valence-corrected chi connectivity index (χ0v) is 10.6. The van der Waals surface area contributed by atoms with Crippen molar-refractivity contribution in [2.24, 2.45) is 0 Å². The molecule has 0 bridgehead atoms. The Morgan fingerprint density at radius 3 is 2.50 bits per heavy atom. The van der Waals surface area contributed by atoms with Gasteiger partial charge in [0.25, 0.3) is 5.91 Å². The highest BCUT2D eigenvalue weighted by Crippen LogP contribution is 2.12. The molecule has 1 aromatic heterocycles. The number of nitrogens with one attached hydrogen (secondary N) is 1. The van der Waals surface area contributed by atoms with Gasteiger partial charge in [-0.2, -0.15) is 0 Å². The quantitative estimate of drug-likeness (QED) is 0.924. The van der Waals surface area contributed by atoms with E-state index in [0.29, 0.717) is 0 Å². The summed E-state index contributed by atoms with van der Waals surface area (Å²) < 4.78 is 0. The van der Waals surface area contributed by atoms with E-state index in [0.717, 1.165) is 5.56 Å². The first-order valence-corrected chi connectivity index (χ1v) is 5.89. The molecule has 1 atom stereocenters. The van der Waals surface area contributed by atoms with Crippen LogP contribution in [-0.4, -0.2) is 16.1 Å². The largest absolute Gasteiger partial charge is 0.344 e. The summed E-state index contributed by atoms with van der Waals surface area (Å²) in [6, 6.07) is 12.7. The highest BCUT2D eigenvalue weighted by Gasteiger charge is 2.12. The fourth-order valence-corrected chi connectivity index (χ4v) is 1.63. The van der Waals surface area contributed by atoms with Gasteiger partial charge in [-0.3, -0.25) is 4.79 Å². The van der Waals surface area contributed by atoms with Gasteiger partial charge in [-0.05, 0) is 24.6 Å². The Morgan fingerprint density at radius 2 is 1.89 bits per heavy atom. The minimum absolute atomic E-state index is 0.0869. The molecule has 0 saturated carbocycles. The normalized spacial score (nSPS) is 11.9. The molecule has 0 fully saturated rings. The van der Waals surface area contributed by atoms with Crippen LogP contribution in [0.5, 0.6) is 0 Å². The van der Waals surface area contributed by atoms with E-state index in [1.165, 1.54) is 6.07 Å². The number of benzene rings is 1. The summed E-state index contributed by atoms with van der Waals surface area (Å²) in [5.41, 5.74) is 1.29. The molecule has 1 aromatic carbocycles. The van der Waals surface area contributed by atoms with Gasteiger partial charge in [0.1, 0.15) is 0 Å². The minimum atomic E-state index is -0.268. The molecule has 0 saturated heterocycles. The number of nitrogens with zero attached hydrogens (tertiary/aromatic N) is 2. The summed E-state index contributed by atoms with van der Waals surface area (Å²) in [6.45, 7) is 1.91. The van der Waals surface area contributed by atoms with Gasteiger partial charge in [0.05, 0.1) is 6.04 Å². The van der Waals surface area contributed by atoms with Crippen LogP contribution in [0.3, 0.4) is 0 Å². The molecular weight excluding hydrogens is 250 g/mol. The van der Waals surface area contributed by atoms with Crippen molar-refractivity contribution in [3.8, 4) is 0 Å². The van der Waals surface area contributed by atoms with E-state index >= 15 is 0 Å². The van der Waals surface area contributed by atoms with Crippen LogP contribution in [0.25, 0.3) is 0 Å². The van der Waals surface area contributed by atoms with E-state index < -0.39 is 0 Å². The smallest absolute Gasteiger partial charge is 0.272 e. The molecule has 92 valence electrons. The van der Waals surface area contributed by atoms with E-state index in [4.69, 9.17) is 11.6 Å². The van der Waals surface area contributed by atoms with Crippen LogP contribution in [0, 0.1) is 0 Å². The van der Waals surface area contributed by atoms with Crippen LogP contribution < -0.4 is 5.32 Å². The van der Waals surface area contributed by atoms with E-state index in [-0.39, 0.29) is 22.8 Å². The van der Waals surface area contributed by atoms with Crippen molar-refractivity contribution in [1.82, 2.24) is 15.5 Å². The van der Waals surface area contributed by atoms with Crippen LogP contribution in [-0.2, 0) is 0 Å². The number of rotatable bonds is 3. The first-order valence-electron chi connectivity index (χ1n) is 5.52. The third-order valence-corrected chi connectivity index (χ3v) is 2.71. The van der Waals surface area contributed by atoms with Crippen LogP contribution in [0.2, 0.25) is 5.15 Å². The van der Waals surface area contributed by atoms with E-state index in [1.54, 1.807) is 6.07 Å². The fourth-order valence-electron chi connectivity index (χ4n) is 1.53. The molecule has 1 amide bonds. The molecule has 0 aliphatic rings. The van der Waals surface area contributed by atoms with Crippen LogP contribution in [0.15, 0.2) is 42.5 Å². The van der Waals surface area contributed by atoms with Gasteiger partial charge in [0.2, 0.25) is 0 Å². The monoisotopic (exact) mass is 261 g/mol. The second-order valence-electron chi connectivity index (χ2n) is 3.85. The second kappa shape index (κ2) is 5.60. The van der Waals surface area contributed by atoms with Crippen molar-refractivity contribution in [2.45, 2.75) is 13.0 Å². The lowest BCUT2D eigenvalue weighted by Crippen LogP contribution is -2.27. The Bertz CT molecular complexity index is 528. The number of hydrogen-bond donors (Lipinski definition) is 1. The summed E-state index contributed by atoms with van der Waals surface area (Å²) in [4.78, 5) is 11.9. The highest BCUT2D eigenvalue weighted by atomic mass is 35.5. The van der Waals surface area contributed by atoms with Gasteiger partial charge in [-0.1, -0.05) is 41.9 Å². The SMILES string of the molecule is CC(NC(=O)c1ccc(Cl)nn1)c1ccccc1. The minimum Gasteiger partial charge on any atom is -0.344 e. The Morgan fingerprint density at radius 1 is 1.17 bits per heavy atom. The molecule has 1 N–H and O–H groups in total. The molecule has 0 aliphatic heterocycles. The molecule has 4 nitrogen and oxygen atoms in total. The summed E-state index contributed by atoms with van der Waals surface area (Å²) in [5.74, 6) is -0.268.